The van der Waals surface area contributed by atoms with Crippen LogP contribution in [0.5, 0.6) is 0 Å². The number of halogens is 1. The molecular weight excluding hydrogens is 288 g/mol. The lowest BCUT2D eigenvalue weighted by Crippen LogP contribution is -2.33. The Morgan fingerprint density at radius 2 is 1.80 bits per heavy atom. The Morgan fingerprint density at radius 1 is 1.10 bits per heavy atom. The zero-order valence-electron chi connectivity index (χ0n) is 11.1. The largest absolute Gasteiger partial charge is 0.365 e. The van der Waals surface area contributed by atoms with Crippen LogP contribution in [0.2, 0.25) is 0 Å². The molecule has 0 spiro atoms. The highest BCUT2D eigenvalue weighted by Crippen LogP contribution is 2.34. The van der Waals surface area contributed by atoms with E-state index in [1.54, 1.807) is 0 Å². The molecule has 0 radical (unpaired) electrons. The van der Waals surface area contributed by atoms with Crippen molar-refractivity contribution < 1.29 is 0 Å². The number of hydrogen-bond donors (Lipinski definition) is 1. The van der Waals surface area contributed by atoms with Crippen molar-refractivity contribution in [2.45, 2.75) is 12.5 Å². The van der Waals surface area contributed by atoms with Crippen molar-refractivity contribution in [2.24, 2.45) is 0 Å². The molecule has 0 bridgehead atoms. The molecule has 0 saturated heterocycles. The van der Waals surface area contributed by atoms with Gasteiger partial charge in [-0.1, -0.05) is 42.5 Å². The van der Waals surface area contributed by atoms with Crippen LogP contribution in [0.4, 0.5) is 5.00 Å². The number of hydrogen-bond acceptors (Lipinski definition) is 3. The van der Waals surface area contributed by atoms with E-state index in [1.807, 2.05) is 36.4 Å². The van der Waals surface area contributed by atoms with Gasteiger partial charge in [0.1, 0.15) is 5.00 Å². The molecule has 1 aromatic heterocycles. The number of aromatic nitrogens is 1. The van der Waals surface area contributed by atoms with Crippen molar-refractivity contribution in [3.63, 3.8) is 0 Å². The van der Waals surface area contributed by atoms with Gasteiger partial charge in [0, 0.05) is 11.3 Å². The molecular formula is C16H15ClN2S. The summed E-state index contributed by atoms with van der Waals surface area (Å²) in [5.74, 6) is 0.489. The standard InChI is InChI=1S/C16H15ClN2S/c1-16(11-17,12-7-3-2-4-8-12)18-15-13-9-5-6-10-14(13)19-20-15/h2-10,18H,11H2,1H3. The average molecular weight is 303 g/mol. The number of nitrogens with one attached hydrogen (secondary N) is 1. The minimum atomic E-state index is -0.307. The number of nitrogens with zero attached hydrogens (tertiary/aromatic N) is 1. The van der Waals surface area contributed by atoms with Crippen molar-refractivity contribution in [2.75, 3.05) is 11.2 Å². The summed E-state index contributed by atoms with van der Waals surface area (Å²) in [6.45, 7) is 2.11. The van der Waals surface area contributed by atoms with Gasteiger partial charge in [-0.3, -0.25) is 0 Å². The van der Waals surface area contributed by atoms with Gasteiger partial charge in [-0.15, -0.1) is 11.6 Å². The van der Waals surface area contributed by atoms with Crippen LogP contribution in [0.25, 0.3) is 10.9 Å². The number of fused-ring (bicyclic) bond motifs is 1. The van der Waals surface area contributed by atoms with E-state index in [1.165, 1.54) is 17.1 Å². The first-order valence-corrected chi connectivity index (χ1v) is 7.78. The third-order valence-corrected chi connectivity index (χ3v) is 4.78. The molecule has 0 aliphatic carbocycles. The zero-order chi connectivity index (χ0) is 14.0. The van der Waals surface area contributed by atoms with E-state index in [0.29, 0.717) is 5.88 Å². The Balaban J connectivity index is 1.99. The Labute approximate surface area is 127 Å². The Morgan fingerprint density at radius 3 is 2.55 bits per heavy atom. The molecule has 2 aromatic carbocycles. The van der Waals surface area contributed by atoms with Gasteiger partial charge in [-0.05, 0) is 36.2 Å². The smallest absolute Gasteiger partial charge is 0.118 e. The maximum absolute atomic E-state index is 6.23. The molecule has 2 nitrogen and oxygen atoms in total. The Hall–Kier alpha value is -1.58. The highest BCUT2D eigenvalue weighted by molar-refractivity contribution is 7.11. The van der Waals surface area contributed by atoms with Crippen molar-refractivity contribution in [1.82, 2.24) is 4.37 Å². The van der Waals surface area contributed by atoms with Crippen LogP contribution in [-0.4, -0.2) is 10.3 Å². The van der Waals surface area contributed by atoms with Crippen LogP contribution < -0.4 is 5.32 Å². The van der Waals surface area contributed by atoms with E-state index in [0.717, 1.165) is 15.9 Å². The van der Waals surface area contributed by atoms with Gasteiger partial charge in [0.25, 0.3) is 0 Å². The lowest BCUT2D eigenvalue weighted by molar-refractivity contribution is 0.620. The lowest BCUT2D eigenvalue weighted by Gasteiger charge is -2.29. The zero-order valence-corrected chi connectivity index (χ0v) is 12.7. The first-order chi connectivity index (χ1) is 9.73. The first-order valence-electron chi connectivity index (χ1n) is 6.47. The SMILES string of the molecule is CC(CCl)(Nc1snc2ccccc12)c1ccccc1. The monoisotopic (exact) mass is 302 g/mol. The normalized spacial score (nSPS) is 14.1. The summed E-state index contributed by atoms with van der Waals surface area (Å²) in [6, 6.07) is 18.4. The summed E-state index contributed by atoms with van der Waals surface area (Å²) in [4.78, 5) is 0. The fourth-order valence-electron chi connectivity index (χ4n) is 2.22. The summed E-state index contributed by atoms with van der Waals surface area (Å²) in [5, 5.41) is 5.77. The van der Waals surface area contributed by atoms with Gasteiger partial charge >= 0.3 is 0 Å². The molecule has 0 fully saturated rings. The third-order valence-electron chi connectivity index (χ3n) is 3.45. The van der Waals surface area contributed by atoms with Gasteiger partial charge in [0.05, 0.1) is 11.1 Å². The molecule has 1 atom stereocenters. The van der Waals surface area contributed by atoms with Gasteiger partial charge in [0.15, 0.2) is 0 Å². The van der Waals surface area contributed by atoms with Gasteiger partial charge in [0.2, 0.25) is 0 Å². The fourth-order valence-corrected chi connectivity index (χ4v) is 3.33. The second-order valence-corrected chi connectivity index (χ2v) is 6.03. The van der Waals surface area contributed by atoms with Crippen LogP contribution in [0.1, 0.15) is 12.5 Å². The summed E-state index contributed by atoms with van der Waals surface area (Å²) < 4.78 is 4.47. The molecule has 102 valence electrons. The minimum Gasteiger partial charge on any atom is -0.365 e. The van der Waals surface area contributed by atoms with E-state index < -0.39 is 0 Å². The Bertz CT molecular complexity index is 711. The van der Waals surface area contributed by atoms with Crippen molar-refractivity contribution in [3.05, 3.63) is 60.2 Å². The highest BCUT2D eigenvalue weighted by atomic mass is 35.5. The first kappa shape index (κ1) is 13.4. The topological polar surface area (TPSA) is 24.9 Å². The fraction of sp³-hybridized carbons (Fsp3) is 0.188. The molecule has 1 unspecified atom stereocenters. The predicted octanol–water partition coefficient (Wildman–Crippen LogP) is 4.86. The minimum absolute atomic E-state index is 0.307. The van der Waals surface area contributed by atoms with Crippen LogP contribution in [-0.2, 0) is 5.54 Å². The maximum atomic E-state index is 6.23. The molecule has 0 aliphatic heterocycles. The van der Waals surface area contributed by atoms with Crippen LogP contribution in [0.15, 0.2) is 54.6 Å². The number of rotatable bonds is 4. The van der Waals surface area contributed by atoms with Gasteiger partial charge in [-0.2, -0.15) is 4.37 Å². The highest BCUT2D eigenvalue weighted by Gasteiger charge is 2.26. The van der Waals surface area contributed by atoms with Crippen LogP contribution in [0.3, 0.4) is 0 Å². The molecule has 0 amide bonds. The molecule has 0 aliphatic rings. The third kappa shape index (κ3) is 2.39. The summed E-state index contributed by atoms with van der Waals surface area (Å²) in [6.07, 6.45) is 0. The average Bonchev–Trinajstić information content (AvgIpc) is 2.91. The molecule has 20 heavy (non-hydrogen) atoms. The second-order valence-electron chi connectivity index (χ2n) is 4.99. The van der Waals surface area contributed by atoms with E-state index in [4.69, 9.17) is 11.6 Å². The molecule has 1 N–H and O–H groups in total. The van der Waals surface area contributed by atoms with Crippen LogP contribution >= 0.6 is 23.1 Å². The quantitative estimate of drug-likeness (QED) is 0.696. The van der Waals surface area contributed by atoms with E-state index in [-0.39, 0.29) is 5.54 Å². The van der Waals surface area contributed by atoms with E-state index in [2.05, 4.69) is 34.8 Å². The summed E-state index contributed by atoms with van der Waals surface area (Å²) >= 11 is 7.71. The number of anilines is 1. The summed E-state index contributed by atoms with van der Waals surface area (Å²) in [5.41, 5.74) is 1.88. The molecule has 3 rings (SSSR count). The van der Waals surface area contributed by atoms with Gasteiger partial charge < -0.3 is 5.32 Å². The van der Waals surface area contributed by atoms with Crippen molar-refractivity contribution in [3.8, 4) is 0 Å². The van der Waals surface area contributed by atoms with E-state index >= 15 is 0 Å². The predicted molar refractivity (Wildman–Crippen MR) is 87.8 cm³/mol. The van der Waals surface area contributed by atoms with Crippen molar-refractivity contribution in [1.29, 1.82) is 0 Å². The molecule has 3 aromatic rings. The van der Waals surface area contributed by atoms with E-state index in [9.17, 15) is 0 Å². The van der Waals surface area contributed by atoms with Crippen LogP contribution in [0, 0.1) is 0 Å². The van der Waals surface area contributed by atoms with Crippen molar-refractivity contribution >= 4 is 39.0 Å². The van der Waals surface area contributed by atoms with Gasteiger partial charge in [-0.25, -0.2) is 0 Å². The molecule has 0 saturated carbocycles. The maximum Gasteiger partial charge on any atom is 0.118 e. The lowest BCUT2D eigenvalue weighted by atomic mass is 9.94. The number of alkyl halides is 1. The molecule has 1 heterocycles. The summed E-state index contributed by atoms with van der Waals surface area (Å²) in [7, 11) is 0. The Kier molecular flexibility index (Phi) is 3.64. The molecule has 4 heteroatoms. The second kappa shape index (κ2) is 5.43. The number of benzene rings is 2.